The minimum absolute atomic E-state index is 0.00739. The van der Waals surface area contributed by atoms with E-state index in [1.165, 1.54) is 24.4 Å². The highest BCUT2D eigenvalue weighted by atomic mass is 35.5. The number of imidazole rings is 1. The van der Waals surface area contributed by atoms with Crippen LogP contribution in [0.2, 0.25) is 5.02 Å². The molecule has 2 aromatic carbocycles. The lowest BCUT2D eigenvalue weighted by Gasteiger charge is -2.15. The Bertz CT molecular complexity index is 1720. The van der Waals surface area contributed by atoms with Crippen LogP contribution in [0.1, 0.15) is 29.8 Å². The van der Waals surface area contributed by atoms with Gasteiger partial charge in [0.05, 0.1) is 12.4 Å². The third-order valence-electron chi connectivity index (χ3n) is 7.08. The summed E-state index contributed by atoms with van der Waals surface area (Å²) in [6.45, 7) is -0.268. The van der Waals surface area contributed by atoms with E-state index in [0.29, 0.717) is 23.5 Å². The van der Waals surface area contributed by atoms with Crippen LogP contribution in [0.4, 0.5) is 17.6 Å². The molecule has 5 aromatic rings. The van der Waals surface area contributed by atoms with Gasteiger partial charge in [0.1, 0.15) is 35.4 Å². The average Bonchev–Trinajstić information content (AvgIpc) is 3.65. The van der Waals surface area contributed by atoms with Crippen LogP contribution < -0.4 is 4.74 Å². The van der Waals surface area contributed by atoms with Gasteiger partial charge in [-0.15, -0.1) is 0 Å². The molecule has 1 aliphatic rings. The minimum atomic E-state index is -0.701. The first-order valence-corrected chi connectivity index (χ1v) is 13.0. The number of benzene rings is 2. The van der Waals surface area contributed by atoms with Crippen LogP contribution in [-0.2, 0) is 19.6 Å². The maximum atomic E-state index is 15.3. The third kappa shape index (κ3) is 5.23. The summed E-state index contributed by atoms with van der Waals surface area (Å²) in [7, 11) is 0. The highest BCUT2D eigenvalue weighted by molar-refractivity contribution is 6.30. The number of halogens is 5. The fourth-order valence-electron chi connectivity index (χ4n) is 4.58. The van der Waals surface area contributed by atoms with Crippen molar-refractivity contribution in [1.29, 1.82) is 0 Å². The normalized spacial score (nSPS) is 14.0. The predicted octanol–water partition coefficient (Wildman–Crippen LogP) is 6.88. The molecule has 11 heteroatoms. The number of fused-ring (bicyclic) bond motifs is 1. The van der Waals surface area contributed by atoms with Crippen molar-refractivity contribution in [2.24, 2.45) is 5.41 Å². The van der Waals surface area contributed by atoms with E-state index in [2.05, 4.69) is 19.9 Å². The smallest absolute Gasteiger partial charge is 0.317 e. The average molecular weight is 568 g/mol. The van der Waals surface area contributed by atoms with Crippen molar-refractivity contribution in [3.63, 3.8) is 0 Å². The summed E-state index contributed by atoms with van der Waals surface area (Å²) >= 11 is 5.77. The first-order valence-electron chi connectivity index (χ1n) is 12.6. The first-order chi connectivity index (χ1) is 19.3. The molecule has 0 N–H and O–H groups in total. The Hall–Kier alpha value is -4.05. The molecule has 0 spiro atoms. The topological polar surface area (TPSA) is 65.7 Å². The van der Waals surface area contributed by atoms with Gasteiger partial charge in [0, 0.05) is 46.9 Å². The van der Waals surface area contributed by atoms with E-state index >= 15 is 8.78 Å². The van der Waals surface area contributed by atoms with E-state index < -0.39 is 29.5 Å². The van der Waals surface area contributed by atoms with Crippen LogP contribution in [0.3, 0.4) is 0 Å². The molecule has 1 aliphatic carbocycles. The number of pyridine rings is 1. The van der Waals surface area contributed by atoms with E-state index in [0.717, 1.165) is 31.0 Å². The molecule has 6 rings (SSSR count). The van der Waals surface area contributed by atoms with Gasteiger partial charge in [-0.1, -0.05) is 17.7 Å². The van der Waals surface area contributed by atoms with Gasteiger partial charge in [-0.3, -0.25) is 4.39 Å². The number of aromatic nitrogens is 5. The zero-order chi connectivity index (χ0) is 27.9. The molecule has 0 saturated heterocycles. The molecule has 0 unspecified atom stereocenters. The van der Waals surface area contributed by atoms with Crippen LogP contribution >= 0.6 is 11.6 Å². The van der Waals surface area contributed by atoms with E-state index in [4.69, 9.17) is 16.3 Å². The Morgan fingerprint density at radius 2 is 1.73 bits per heavy atom. The number of rotatable bonds is 9. The van der Waals surface area contributed by atoms with Crippen LogP contribution in [0, 0.1) is 22.9 Å². The monoisotopic (exact) mass is 567 g/mol. The molecule has 0 amide bonds. The fraction of sp³-hybridized carbons (Fsp3) is 0.241. The molecule has 1 fully saturated rings. The highest BCUT2D eigenvalue weighted by Crippen LogP contribution is 2.48. The second-order valence-corrected chi connectivity index (χ2v) is 10.4. The number of hydrogen-bond acceptors (Lipinski definition) is 5. The number of nitrogens with zero attached hydrogens (tertiary/aromatic N) is 5. The minimum Gasteiger partial charge on any atom is -0.458 e. The van der Waals surface area contributed by atoms with Gasteiger partial charge in [-0.05, 0) is 60.9 Å². The predicted molar refractivity (Wildman–Crippen MR) is 141 cm³/mol. The van der Waals surface area contributed by atoms with Crippen molar-refractivity contribution in [3.05, 3.63) is 100 Å². The largest absolute Gasteiger partial charge is 0.458 e. The third-order valence-corrected chi connectivity index (χ3v) is 7.32. The molecule has 1 saturated carbocycles. The summed E-state index contributed by atoms with van der Waals surface area (Å²) in [5, 5.41) is 0.251. The molecule has 0 atom stereocenters. The van der Waals surface area contributed by atoms with Crippen LogP contribution in [0.5, 0.6) is 6.01 Å². The Labute approximate surface area is 231 Å². The van der Waals surface area contributed by atoms with Gasteiger partial charge in [-0.2, -0.15) is 4.98 Å². The number of alkyl halides is 1. The number of hydrogen-bond donors (Lipinski definition) is 0. The van der Waals surface area contributed by atoms with Crippen LogP contribution in [-0.4, -0.2) is 31.2 Å². The van der Waals surface area contributed by atoms with Crippen LogP contribution in [0.25, 0.3) is 22.4 Å². The Kier molecular flexibility index (Phi) is 6.87. The molecule has 6 nitrogen and oxygen atoms in total. The fourth-order valence-corrected chi connectivity index (χ4v) is 4.74. The first kappa shape index (κ1) is 26.2. The van der Waals surface area contributed by atoms with Gasteiger partial charge in [0.15, 0.2) is 5.65 Å². The van der Waals surface area contributed by atoms with E-state index in [1.807, 2.05) is 4.57 Å². The quantitative estimate of drug-likeness (QED) is 0.182. The van der Waals surface area contributed by atoms with Gasteiger partial charge >= 0.3 is 6.01 Å². The molecule has 3 heterocycles. The zero-order valence-corrected chi connectivity index (χ0v) is 21.8. The molecule has 0 radical (unpaired) electrons. The summed E-state index contributed by atoms with van der Waals surface area (Å²) in [5.41, 5.74) is 1.07. The SMILES string of the molecule is FCC1(Cn2c(Cc3cc(F)c(-c4ccnc(OCc5ccc(Cl)cc5F)n4)cc3F)nc3cccnc32)CC1. The molecule has 0 aliphatic heterocycles. The Balaban J connectivity index is 1.26. The molecule has 3 aromatic heterocycles. The maximum Gasteiger partial charge on any atom is 0.317 e. The molecule has 204 valence electrons. The summed E-state index contributed by atoms with van der Waals surface area (Å²) in [6, 6.07) is 11.1. The maximum absolute atomic E-state index is 15.3. The molecule has 40 heavy (non-hydrogen) atoms. The summed E-state index contributed by atoms with van der Waals surface area (Å²) in [6.07, 6.45) is 4.47. The Morgan fingerprint density at radius 1 is 0.900 bits per heavy atom. The summed E-state index contributed by atoms with van der Waals surface area (Å²) in [5.74, 6) is -1.42. The van der Waals surface area contributed by atoms with Gasteiger partial charge in [-0.25, -0.2) is 28.1 Å². The lowest BCUT2D eigenvalue weighted by Crippen LogP contribution is -2.17. The number of ether oxygens (including phenoxy) is 1. The molecular weight excluding hydrogens is 546 g/mol. The van der Waals surface area contributed by atoms with Crippen molar-refractivity contribution < 1.29 is 22.3 Å². The second kappa shape index (κ2) is 10.5. The van der Waals surface area contributed by atoms with E-state index in [1.54, 1.807) is 18.3 Å². The van der Waals surface area contributed by atoms with E-state index in [9.17, 15) is 8.78 Å². The van der Waals surface area contributed by atoms with E-state index in [-0.39, 0.29) is 46.4 Å². The Morgan fingerprint density at radius 3 is 2.50 bits per heavy atom. The zero-order valence-electron chi connectivity index (χ0n) is 21.1. The highest BCUT2D eigenvalue weighted by Gasteiger charge is 2.44. The summed E-state index contributed by atoms with van der Waals surface area (Å²) in [4.78, 5) is 17.1. The van der Waals surface area contributed by atoms with Gasteiger partial charge in [0.2, 0.25) is 0 Å². The summed E-state index contributed by atoms with van der Waals surface area (Å²) < 4.78 is 65.7. The lowest BCUT2D eigenvalue weighted by atomic mass is 10.0. The van der Waals surface area contributed by atoms with Crippen molar-refractivity contribution in [2.45, 2.75) is 32.4 Å². The van der Waals surface area contributed by atoms with Gasteiger partial charge in [0.25, 0.3) is 0 Å². The van der Waals surface area contributed by atoms with Crippen molar-refractivity contribution in [1.82, 2.24) is 24.5 Å². The second-order valence-electron chi connectivity index (χ2n) is 9.94. The molecular formula is C29H22ClF4N5O. The lowest BCUT2D eigenvalue weighted by molar-refractivity contribution is 0.275. The van der Waals surface area contributed by atoms with Crippen molar-refractivity contribution in [3.8, 4) is 17.3 Å². The molecule has 0 bridgehead atoms. The van der Waals surface area contributed by atoms with Crippen molar-refractivity contribution >= 4 is 22.8 Å². The van der Waals surface area contributed by atoms with Crippen LogP contribution in [0.15, 0.2) is 60.9 Å². The van der Waals surface area contributed by atoms with Gasteiger partial charge < -0.3 is 9.30 Å². The standard InChI is InChI=1S/C29H22ClF4N5O/c30-19-4-3-17(21(32)12-19)14-40-28-36-9-5-24(38-28)20-13-22(33)18(10-23(20)34)11-26-37-25-2-1-8-35-27(25)39(26)16-29(15-31)6-7-29/h1-5,8-10,12-13H,6-7,11,14-16H2. The van der Waals surface area contributed by atoms with Crippen molar-refractivity contribution in [2.75, 3.05) is 6.67 Å².